The Kier molecular flexibility index (Phi) is 5.81. The summed E-state index contributed by atoms with van der Waals surface area (Å²) in [5.74, 6) is 0. The summed E-state index contributed by atoms with van der Waals surface area (Å²) in [6.45, 7) is 2.87. The minimum Gasteiger partial charge on any atom is -0.333 e. The number of benzene rings is 1. The summed E-state index contributed by atoms with van der Waals surface area (Å²) >= 11 is 5.33. The fourth-order valence-corrected chi connectivity index (χ4v) is 4.70. The van der Waals surface area contributed by atoms with Gasteiger partial charge in [0.15, 0.2) is 6.29 Å². The van der Waals surface area contributed by atoms with E-state index in [4.69, 9.17) is 25.4 Å². The van der Waals surface area contributed by atoms with E-state index in [0.29, 0.717) is 32.1 Å². The van der Waals surface area contributed by atoms with Gasteiger partial charge in [-0.3, -0.25) is 9.69 Å². The van der Waals surface area contributed by atoms with Crippen LogP contribution in [0, 0.1) is 0 Å². The molecule has 0 unspecified atom stereocenters. The number of carbonyl (C=O) groups excluding carboxylic acids is 1. The summed E-state index contributed by atoms with van der Waals surface area (Å²) in [6, 6.07) is 7.91. The van der Waals surface area contributed by atoms with Gasteiger partial charge < -0.3 is 18.1 Å². The van der Waals surface area contributed by atoms with Crippen LogP contribution in [0.15, 0.2) is 30.5 Å². The molecule has 2 heterocycles. The third-order valence-electron chi connectivity index (χ3n) is 3.90. The number of rotatable bonds is 5. The van der Waals surface area contributed by atoms with E-state index in [2.05, 4.69) is 9.47 Å². The van der Waals surface area contributed by atoms with Gasteiger partial charge in [0, 0.05) is 35.8 Å². The minimum atomic E-state index is -2.58. The topological polar surface area (TPSA) is 52.9 Å². The van der Waals surface area contributed by atoms with E-state index in [1.807, 2.05) is 37.4 Å². The van der Waals surface area contributed by atoms with Crippen LogP contribution in [0.25, 0.3) is 10.9 Å². The first-order valence-corrected chi connectivity index (χ1v) is 10.5. The van der Waals surface area contributed by atoms with Gasteiger partial charge in [-0.25, -0.2) is 0 Å². The van der Waals surface area contributed by atoms with E-state index in [1.54, 1.807) is 0 Å². The van der Waals surface area contributed by atoms with Crippen molar-refractivity contribution in [3.63, 3.8) is 0 Å². The van der Waals surface area contributed by atoms with Gasteiger partial charge in [-0.1, -0.05) is 18.2 Å². The predicted octanol–water partition coefficient (Wildman–Crippen LogP) is 3.02. The van der Waals surface area contributed by atoms with Crippen LogP contribution in [0.1, 0.15) is 17.3 Å². The van der Waals surface area contributed by atoms with E-state index in [-0.39, 0.29) is 0 Å². The highest BCUT2D eigenvalue weighted by Crippen LogP contribution is 2.50. The molecule has 0 aliphatic carbocycles. The molecule has 1 aromatic carbocycles. The molecule has 0 spiro atoms. The van der Waals surface area contributed by atoms with Gasteiger partial charge in [-0.05, 0) is 24.8 Å². The van der Waals surface area contributed by atoms with Crippen molar-refractivity contribution in [3.05, 3.63) is 36.0 Å². The molecule has 130 valence electrons. The first kappa shape index (κ1) is 17.7. The Morgan fingerprint density at radius 2 is 2.00 bits per heavy atom. The van der Waals surface area contributed by atoms with E-state index in [1.165, 1.54) is 0 Å². The van der Waals surface area contributed by atoms with Crippen molar-refractivity contribution in [1.29, 1.82) is 0 Å². The number of hydrogen-bond donors (Lipinski definition) is 0. The van der Waals surface area contributed by atoms with Crippen molar-refractivity contribution >= 4 is 35.7 Å². The Hall–Kier alpha value is -1.08. The van der Waals surface area contributed by atoms with Gasteiger partial charge in [0.1, 0.15) is 0 Å². The third-order valence-corrected chi connectivity index (χ3v) is 6.42. The van der Waals surface area contributed by atoms with Gasteiger partial charge in [-0.15, -0.1) is 0 Å². The lowest BCUT2D eigenvalue weighted by atomic mass is 10.2. The van der Waals surface area contributed by atoms with Crippen LogP contribution in [-0.4, -0.2) is 48.7 Å². The average molecular weight is 368 g/mol. The Labute approximate surface area is 146 Å². The predicted molar refractivity (Wildman–Crippen MR) is 96.7 cm³/mol. The van der Waals surface area contributed by atoms with Crippen LogP contribution in [0.3, 0.4) is 0 Å². The first-order valence-electron chi connectivity index (χ1n) is 7.94. The Morgan fingerprint density at radius 3 is 2.67 bits per heavy atom. The second-order valence-corrected chi connectivity index (χ2v) is 8.49. The van der Waals surface area contributed by atoms with Crippen LogP contribution in [0.2, 0.25) is 0 Å². The van der Waals surface area contributed by atoms with Crippen molar-refractivity contribution in [2.75, 3.05) is 32.9 Å². The number of nitrogens with zero attached hydrogens (tertiary/aromatic N) is 2. The zero-order chi connectivity index (χ0) is 17.0. The molecule has 0 N–H and O–H groups in total. The van der Waals surface area contributed by atoms with Crippen molar-refractivity contribution < 1.29 is 18.4 Å². The summed E-state index contributed by atoms with van der Waals surface area (Å²) in [4.78, 5) is 13.5. The number of aromatic nitrogens is 1. The molecule has 1 saturated heterocycles. The molecule has 3 rings (SSSR count). The fourth-order valence-electron chi connectivity index (χ4n) is 2.79. The number of para-hydroxylation sites is 1. The molecule has 0 radical (unpaired) electrons. The smallest absolute Gasteiger partial charge is 0.327 e. The Balaban J connectivity index is 1.71. The van der Waals surface area contributed by atoms with E-state index in [9.17, 15) is 4.79 Å². The van der Waals surface area contributed by atoms with Gasteiger partial charge >= 0.3 is 6.72 Å². The SMILES string of the molecule is CCOP1(=S)OCCN(Cn2cc(C=O)c3ccccc32)CCO1. The summed E-state index contributed by atoms with van der Waals surface area (Å²) in [5.41, 5.74) is 1.75. The van der Waals surface area contributed by atoms with E-state index in [0.717, 1.165) is 30.3 Å². The lowest BCUT2D eigenvalue weighted by molar-refractivity contribution is 0.0867. The molecule has 6 nitrogen and oxygen atoms in total. The molecule has 1 aromatic heterocycles. The fraction of sp³-hybridized carbons (Fsp3) is 0.438. The number of aldehydes is 1. The maximum Gasteiger partial charge on any atom is 0.327 e. The summed E-state index contributed by atoms with van der Waals surface area (Å²) < 4.78 is 18.9. The maximum absolute atomic E-state index is 11.3. The molecular formula is C16H21N2O4PS. The van der Waals surface area contributed by atoms with Gasteiger partial charge in [0.25, 0.3) is 0 Å². The average Bonchev–Trinajstić information content (AvgIpc) is 2.91. The van der Waals surface area contributed by atoms with Crippen LogP contribution in [0.5, 0.6) is 0 Å². The molecule has 1 fully saturated rings. The summed E-state index contributed by atoms with van der Waals surface area (Å²) in [5, 5.41) is 0.971. The monoisotopic (exact) mass is 368 g/mol. The molecule has 0 saturated carbocycles. The van der Waals surface area contributed by atoms with Crippen LogP contribution >= 0.6 is 6.72 Å². The zero-order valence-electron chi connectivity index (χ0n) is 13.6. The van der Waals surface area contributed by atoms with Crippen LogP contribution in [-0.2, 0) is 32.0 Å². The second kappa shape index (κ2) is 7.87. The molecule has 24 heavy (non-hydrogen) atoms. The molecule has 8 heteroatoms. The Bertz CT molecular complexity index is 750. The second-order valence-electron chi connectivity index (χ2n) is 5.48. The largest absolute Gasteiger partial charge is 0.333 e. The van der Waals surface area contributed by atoms with Crippen molar-refractivity contribution in [2.45, 2.75) is 13.6 Å². The quantitative estimate of drug-likeness (QED) is 0.597. The highest BCUT2D eigenvalue weighted by molar-refractivity contribution is 8.07. The van der Waals surface area contributed by atoms with Crippen molar-refractivity contribution in [1.82, 2.24) is 9.47 Å². The highest BCUT2D eigenvalue weighted by atomic mass is 32.5. The maximum atomic E-state index is 11.3. The van der Waals surface area contributed by atoms with Gasteiger partial charge in [-0.2, -0.15) is 0 Å². The molecule has 1 aliphatic rings. The Morgan fingerprint density at radius 1 is 1.29 bits per heavy atom. The normalized spacial score (nSPS) is 19.0. The molecule has 0 atom stereocenters. The van der Waals surface area contributed by atoms with Crippen molar-refractivity contribution in [2.24, 2.45) is 0 Å². The zero-order valence-corrected chi connectivity index (χ0v) is 15.3. The molecule has 0 amide bonds. The number of fused-ring (bicyclic) bond motifs is 1. The van der Waals surface area contributed by atoms with Crippen molar-refractivity contribution in [3.8, 4) is 0 Å². The number of carbonyl (C=O) groups is 1. The standard InChI is InChI=1S/C16H21N2O4PS/c1-2-20-23(24)21-9-7-17(8-10-22-23)13-18-11-14(12-19)15-5-3-4-6-16(15)18/h3-6,11-12H,2,7-10,13H2,1H3. The lowest BCUT2D eigenvalue weighted by Gasteiger charge is -2.29. The van der Waals surface area contributed by atoms with E-state index < -0.39 is 6.72 Å². The number of hydrogen-bond acceptors (Lipinski definition) is 6. The molecule has 1 aliphatic heterocycles. The molecule has 2 aromatic rings. The minimum absolute atomic E-state index is 0.469. The third kappa shape index (κ3) is 3.94. The molecular weight excluding hydrogens is 347 g/mol. The van der Waals surface area contributed by atoms with Crippen LogP contribution in [0.4, 0.5) is 0 Å². The van der Waals surface area contributed by atoms with Crippen LogP contribution < -0.4 is 0 Å². The van der Waals surface area contributed by atoms with Gasteiger partial charge in [0.05, 0.1) is 26.5 Å². The summed E-state index contributed by atoms with van der Waals surface area (Å²) in [7, 11) is 0. The first-order chi connectivity index (χ1) is 11.6. The summed E-state index contributed by atoms with van der Waals surface area (Å²) in [6.07, 6.45) is 2.79. The lowest BCUT2D eigenvalue weighted by Crippen LogP contribution is -2.34. The van der Waals surface area contributed by atoms with Gasteiger partial charge in [0.2, 0.25) is 0 Å². The van der Waals surface area contributed by atoms with E-state index >= 15 is 0 Å². The molecule has 0 bridgehead atoms. The highest BCUT2D eigenvalue weighted by Gasteiger charge is 2.23.